The number of fused-ring (bicyclic) bond motifs is 1. The first-order valence-electron chi connectivity index (χ1n) is 8.76. The molecule has 1 atom stereocenters. The summed E-state index contributed by atoms with van der Waals surface area (Å²) in [4.78, 5) is 39.3. The Bertz CT molecular complexity index is 803. The second-order valence-corrected chi connectivity index (χ2v) is 6.78. The molecular weight excluding hydrogens is 350 g/mol. The Kier molecular flexibility index (Phi) is 5.34. The van der Waals surface area contributed by atoms with Gasteiger partial charge in [-0.05, 0) is 12.1 Å². The minimum absolute atomic E-state index is 0.0738. The Labute approximate surface area is 157 Å². The average molecular weight is 373 g/mol. The van der Waals surface area contributed by atoms with E-state index in [-0.39, 0.29) is 18.2 Å². The molecule has 1 N–H and O–H groups in total. The van der Waals surface area contributed by atoms with E-state index in [9.17, 15) is 14.4 Å². The highest BCUT2D eigenvalue weighted by Crippen LogP contribution is 2.32. The summed E-state index contributed by atoms with van der Waals surface area (Å²) in [5.41, 5.74) is 1.76. The van der Waals surface area contributed by atoms with E-state index in [4.69, 9.17) is 9.47 Å². The minimum Gasteiger partial charge on any atom is -0.492 e. The molecule has 1 aromatic carbocycles. The summed E-state index contributed by atoms with van der Waals surface area (Å²) >= 11 is 0. The Morgan fingerprint density at radius 3 is 2.85 bits per heavy atom. The molecule has 144 valence electrons. The lowest BCUT2D eigenvalue weighted by Gasteiger charge is -2.15. The molecule has 1 fully saturated rings. The fraction of sp³-hybridized carbons (Fsp3) is 0.421. The first kappa shape index (κ1) is 18.8. The number of amides is 2. The molecule has 3 rings (SSSR count). The molecule has 27 heavy (non-hydrogen) atoms. The highest BCUT2D eigenvalue weighted by atomic mass is 16.6. The van der Waals surface area contributed by atoms with Crippen molar-refractivity contribution in [2.75, 3.05) is 38.7 Å². The van der Waals surface area contributed by atoms with Gasteiger partial charge in [0.1, 0.15) is 11.9 Å². The van der Waals surface area contributed by atoms with E-state index in [2.05, 4.69) is 5.32 Å². The summed E-state index contributed by atoms with van der Waals surface area (Å²) in [5.74, 6) is 0.205. The molecule has 2 amide bonds. The SMILES string of the molecule is CC(=O)NC[C@H]1CN(c2ccc3c(c2)OCC/C(=C\N(C)C)C3=O)C(=O)O1. The van der Waals surface area contributed by atoms with Crippen LogP contribution < -0.4 is 15.0 Å². The zero-order chi connectivity index (χ0) is 19.6. The van der Waals surface area contributed by atoms with Gasteiger partial charge in [-0.2, -0.15) is 0 Å². The predicted molar refractivity (Wildman–Crippen MR) is 99.0 cm³/mol. The summed E-state index contributed by atoms with van der Waals surface area (Å²) in [6.07, 6.45) is 1.42. The molecule has 2 aliphatic rings. The maximum absolute atomic E-state index is 12.7. The van der Waals surface area contributed by atoms with E-state index in [0.717, 1.165) is 0 Å². The predicted octanol–water partition coefficient (Wildman–Crippen LogP) is 1.56. The van der Waals surface area contributed by atoms with Gasteiger partial charge >= 0.3 is 6.09 Å². The number of benzene rings is 1. The van der Waals surface area contributed by atoms with Gasteiger partial charge in [0.05, 0.1) is 30.9 Å². The van der Waals surface area contributed by atoms with Crippen molar-refractivity contribution >= 4 is 23.5 Å². The van der Waals surface area contributed by atoms with Crippen molar-refractivity contribution in [1.29, 1.82) is 0 Å². The lowest BCUT2D eigenvalue weighted by Crippen LogP contribution is -2.33. The summed E-state index contributed by atoms with van der Waals surface area (Å²) < 4.78 is 11.0. The second kappa shape index (κ2) is 7.69. The first-order valence-corrected chi connectivity index (χ1v) is 8.76. The van der Waals surface area contributed by atoms with Crippen LogP contribution in [-0.2, 0) is 9.53 Å². The molecule has 2 heterocycles. The maximum Gasteiger partial charge on any atom is 0.414 e. The standard InChI is InChI=1S/C19H23N3O5/c1-12(23)20-9-15-11-22(19(25)27-15)14-4-5-16-17(8-14)26-7-6-13(18(16)24)10-21(2)3/h4-5,8,10,15H,6-7,9,11H2,1-3H3,(H,20,23)/b13-10+/t15-/m0/s1. The number of cyclic esters (lactones) is 1. The fourth-order valence-electron chi connectivity index (χ4n) is 3.07. The largest absolute Gasteiger partial charge is 0.492 e. The van der Waals surface area contributed by atoms with Crippen LogP contribution in [0, 0.1) is 0 Å². The molecule has 0 unspecified atom stereocenters. The number of nitrogens with zero attached hydrogens (tertiary/aromatic N) is 2. The topological polar surface area (TPSA) is 88.2 Å². The van der Waals surface area contributed by atoms with Crippen LogP contribution in [0.2, 0.25) is 0 Å². The maximum atomic E-state index is 12.7. The normalized spacial score (nSPS) is 20.6. The van der Waals surface area contributed by atoms with Gasteiger partial charge in [-0.15, -0.1) is 0 Å². The quantitative estimate of drug-likeness (QED) is 0.806. The number of carbonyl (C=O) groups excluding carboxylic acids is 3. The third-order valence-electron chi connectivity index (χ3n) is 4.31. The van der Waals surface area contributed by atoms with Crippen LogP contribution in [0.15, 0.2) is 30.0 Å². The number of ether oxygens (including phenoxy) is 2. The van der Waals surface area contributed by atoms with Gasteiger partial charge in [-0.25, -0.2) is 4.79 Å². The molecule has 0 bridgehead atoms. The molecule has 0 aromatic heterocycles. The third kappa shape index (κ3) is 4.21. The van der Waals surface area contributed by atoms with Crippen LogP contribution in [0.4, 0.5) is 10.5 Å². The Balaban J connectivity index is 1.80. The molecule has 0 spiro atoms. The highest BCUT2D eigenvalue weighted by molar-refractivity contribution is 6.11. The number of anilines is 1. The van der Waals surface area contributed by atoms with Crippen molar-refractivity contribution in [1.82, 2.24) is 10.2 Å². The van der Waals surface area contributed by atoms with Gasteiger partial charge in [-0.3, -0.25) is 14.5 Å². The van der Waals surface area contributed by atoms with Crippen LogP contribution in [0.25, 0.3) is 0 Å². The molecule has 8 heteroatoms. The van der Waals surface area contributed by atoms with Gasteiger partial charge in [0.15, 0.2) is 5.78 Å². The smallest absolute Gasteiger partial charge is 0.414 e. The van der Waals surface area contributed by atoms with E-state index in [1.165, 1.54) is 11.8 Å². The highest BCUT2D eigenvalue weighted by Gasteiger charge is 2.33. The van der Waals surface area contributed by atoms with Crippen molar-refractivity contribution in [3.05, 3.63) is 35.5 Å². The van der Waals surface area contributed by atoms with Gasteiger partial charge < -0.3 is 19.7 Å². The molecule has 0 aliphatic carbocycles. The molecular formula is C19H23N3O5. The number of hydrogen-bond acceptors (Lipinski definition) is 6. The fourth-order valence-corrected chi connectivity index (χ4v) is 3.07. The van der Waals surface area contributed by atoms with Gasteiger partial charge in [0, 0.05) is 45.3 Å². The Hall–Kier alpha value is -3.03. The van der Waals surface area contributed by atoms with Gasteiger partial charge in [0.2, 0.25) is 5.91 Å². The van der Waals surface area contributed by atoms with E-state index in [0.29, 0.717) is 42.1 Å². The van der Waals surface area contributed by atoms with E-state index >= 15 is 0 Å². The lowest BCUT2D eigenvalue weighted by atomic mass is 10.0. The Morgan fingerprint density at radius 2 is 2.15 bits per heavy atom. The number of hydrogen-bond donors (Lipinski definition) is 1. The number of carbonyl (C=O) groups is 3. The molecule has 1 saturated heterocycles. The van der Waals surface area contributed by atoms with E-state index in [1.807, 2.05) is 19.0 Å². The van der Waals surface area contributed by atoms with Crippen LogP contribution >= 0.6 is 0 Å². The molecule has 0 radical (unpaired) electrons. The number of rotatable bonds is 4. The first-order chi connectivity index (χ1) is 12.8. The van der Waals surface area contributed by atoms with Crippen molar-refractivity contribution in [2.45, 2.75) is 19.4 Å². The minimum atomic E-state index is -0.488. The number of Topliss-reactive ketones (excluding diaryl/α,β-unsaturated/α-hetero) is 1. The van der Waals surface area contributed by atoms with Crippen molar-refractivity contribution in [2.24, 2.45) is 0 Å². The average Bonchev–Trinajstić information content (AvgIpc) is 2.91. The summed E-state index contributed by atoms with van der Waals surface area (Å²) in [5, 5.41) is 2.64. The van der Waals surface area contributed by atoms with E-state index < -0.39 is 12.2 Å². The van der Waals surface area contributed by atoms with Crippen LogP contribution in [0.3, 0.4) is 0 Å². The zero-order valence-corrected chi connectivity index (χ0v) is 15.7. The van der Waals surface area contributed by atoms with Crippen molar-refractivity contribution in [3.63, 3.8) is 0 Å². The van der Waals surface area contributed by atoms with Gasteiger partial charge in [0.25, 0.3) is 0 Å². The van der Waals surface area contributed by atoms with Crippen LogP contribution in [0.5, 0.6) is 5.75 Å². The molecule has 1 aromatic rings. The lowest BCUT2D eigenvalue weighted by molar-refractivity contribution is -0.119. The van der Waals surface area contributed by atoms with Crippen LogP contribution in [-0.4, -0.2) is 62.6 Å². The number of ketones is 1. The second-order valence-electron chi connectivity index (χ2n) is 6.78. The third-order valence-corrected chi connectivity index (χ3v) is 4.31. The van der Waals surface area contributed by atoms with Crippen molar-refractivity contribution in [3.8, 4) is 5.75 Å². The summed E-state index contributed by atoms with van der Waals surface area (Å²) in [7, 11) is 3.73. The summed E-state index contributed by atoms with van der Waals surface area (Å²) in [6, 6.07) is 5.07. The van der Waals surface area contributed by atoms with E-state index in [1.54, 1.807) is 24.4 Å². The monoisotopic (exact) mass is 373 g/mol. The van der Waals surface area contributed by atoms with Crippen LogP contribution in [0.1, 0.15) is 23.7 Å². The molecule has 2 aliphatic heterocycles. The number of nitrogens with one attached hydrogen (secondary N) is 1. The molecule has 8 nitrogen and oxygen atoms in total. The molecule has 0 saturated carbocycles. The summed E-state index contributed by atoms with van der Waals surface area (Å²) in [6.45, 7) is 2.37. The zero-order valence-electron chi connectivity index (χ0n) is 15.7. The van der Waals surface area contributed by atoms with Crippen molar-refractivity contribution < 1.29 is 23.9 Å². The van der Waals surface area contributed by atoms with Gasteiger partial charge in [-0.1, -0.05) is 0 Å². The Morgan fingerprint density at radius 1 is 1.37 bits per heavy atom.